The maximum absolute atomic E-state index is 12.2. The molecule has 0 aliphatic rings. The SMILES string of the molecule is COc1cc(/C=C/C(=O)O[C@H](C)c2nc3ccccc3c(=O)[nH]2)cc(Cl)c1OC. The minimum atomic E-state index is -0.738. The third kappa shape index (κ3) is 4.57. The lowest BCUT2D eigenvalue weighted by molar-refractivity contribution is -0.142. The number of fused-ring (bicyclic) bond motifs is 1. The molecule has 0 radical (unpaired) electrons. The molecule has 29 heavy (non-hydrogen) atoms. The predicted octanol–water partition coefficient (Wildman–Crippen LogP) is 3.91. The summed E-state index contributed by atoms with van der Waals surface area (Å²) in [6.07, 6.45) is 2.06. The van der Waals surface area contributed by atoms with Crippen LogP contribution in [0.4, 0.5) is 0 Å². The van der Waals surface area contributed by atoms with Crippen LogP contribution in [0.5, 0.6) is 11.5 Å². The number of para-hydroxylation sites is 1. The summed E-state index contributed by atoms with van der Waals surface area (Å²) in [5, 5.41) is 0.825. The normalized spacial score (nSPS) is 12.1. The quantitative estimate of drug-likeness (QED) is 0.485. The zero-order chi connectivity index (χ0) is 21.0. The van der Waals surface area contributed by atoms with Crippen molar-refractivity contribution in [2.75, 3.05) is 14.2 Å². The number of methoxy groups -OCH3 is 2. The molecular formula is C21H19ClN2O5. The molecule has 1 aromatic heterocycles. The lowest BCUT2D eigenvalue weighted by Crippen LogP contribution is -2.16. The van der Waals surface area contributed by atoms with Crippen molar-refractivity contribution < 1.29 is 19.0 Å². The highest BCUT2D eigenvalue weighted by Gasteiger charge is 2.15. The Morgan fingerprint density at radius 2 is 1.97 bits per heavy atom. The topological polar surface area (TPSA) is 90.5 Å². The predicted molar refractivity (Wildman–Crippen MR) is 110 cm³/mol. The molecule has 3 aromatic rings. The first kappa shape index (κ1) is 20.4. The Balaban J connectivity index is 1.75. The van der Waals surface area contributed by atoms with E-state index in [1.165, 1.54) is 20.3 Å². The summed E-state index contributed by atoms with van der Waals surface area (Å²) in [5.74, 6) is 0.525. The van der Waals surface area contributed by atoms with E-state index >= 15 is 0 Å². The molecule has 0 saturated heterocycles. The second-order valence-corrected chi connectivity index (χ2v) is 6.53. The van der Waals surface area contributed by atoms with E-state index in [0.717, 1.165) is 0 Å². The van der Waals surface area contributed by atoms with Crippen LogP contribution in [-0.4, -0.2) is 30.2 Å². The number of aromatic nitrogens is 2. The van der Waals surface area contributed by atoms with Gasteiger partial charge in [0, 0.05) is 6.08 Å². The van der Waals surface area contributed by atoms with Gasteiger partial charge in [-0.2, -0.15) is 0 Å². The number of esters is 1. The molecule has 7 nitrogen and oxygen atoms in total. The van der Waals surface area contributed by atoms with Crippen LogP contribution in [0, 0.1) is 0 Å². The molecule has 3 rings (SSSR count). The third-order valence-electron chi connectivity index (χ3n) is 4.18. The van der Waals surface area contributed by atoms with Crippen molar-refractivity contribution in [3.63, 3.8) is 0 Å². The van der Waals surface area contributed by atoms with Crippen LogP contribution >= 0.6 is 11.6 Å². The molecule has 0 fully saturated rings. The Kier molecular flexibility index (Phi) is 6.19. The second kappa shape index (κ2) is 8.79. The summed E-state index contributed by atoms with van der Waals surface area (Å²) in [5.41, 5.74) is 0.878. The van der Waals surface area contributed by atoms with Crippen LogP contribution in [0.1, 0.15) is 24.4 Å². The van der Waals surface area contributed by atoms with Gasteiger partial charge in [0.2, 0.25) is 0 Å². The number of hydrogen-bond acceptors (Lipinski definition) is 6. The van der Waals surface area contributed by atoms with E-state index < -0.39 is 12.1 Å². The van der Waals surface area contributed by atoms with Crippen molar-refractivity contribution in [3.8, 4) is 11.5 Å². The molecule has 8 heteroatoms. The average molecular weight is 415 g/mol. The van der Waals surface area contributed by atoms with Crippen LogP contribution in [-0.2, 0) is 9.53 Å². The summed E-state index contributed by atoms with van der Waals surface area (Å²) in [7, 11) is 2.98. The third-order valence-corrected chi connectivity index (χ3v) is 4.46. The highest BCUT2D eigenvalue weighted by Crippen LogP contribution is 2.36. The maximum Gasteiger partial charge on any atom is 0.331 e. The molecule has 1 N–H and O–H groups in total. The van der Waals surface area contributed by atoms with E-state index in [9.17, 15) is 9.59 Å². The van der Waals surface area contributed by atoms with Gasteiger partial charge >= 0.3 is 5.97 Å². The Morgan fingerprint density at radius 3 is 2.69 bits per heavy atom. The van der Waals surface area contributed by atoms with Crippen molar-refractivity contribution in [2.45, 2.75) is 13.0 Å². The molecule has 0 saturated carbocycles. The number of aromatic amines is 1. The van der Waals surface area contributed by atoms with Crippen LogP contribution in [0.25, 0.3) is 17.0 Å². The van der Waals surface area contributed by atoms with Gasteiger partial charge in [-0.3, -0.25) is 4.79 Å². The molecular weight excluding hydrogens is 396 g/mol. The van der Waals surface area contributed by atoms with E-state index in [1.54, 1.807) is 49.4 Å². The molecule has 0 bridgehead atoms. The molecule has 0 unspecified atom stereocenters. The van der Waals surface area contributed by atoms with E-state index in [1.807, 2.05) is 0 Å². The van der Waals surface area contributed by atoms with Crippen molar-refractivity contribution in [3.05, 3.63) is 69.2 Å². The number of halogens is 1. The van der Waals surface area contributed by atoms with Gasteiger partial charge in [0.1, 0.15) is 0 Å². The van der Waals surface area contributed by atoms with Gasteiger partial charge in [0.15, 0.2) is 23.4 Å². The number of nitrogens with zero attached hydrogens (tertiary/aromatic N) is 1. The van der Waals surface area contributed by atoms with Gasteiger partial charge in [0.05, 0.1) is 30.1 Å². The fourth-order valence-electron chi connectivity index (χ4n) is 2.76. The van der Waals surface area contributed by atoms with Crippen LogP contribution in [0.3, 0.4) is 0 Å². The van der Waals surface area contributed by atoms with Gasteiger partial charge in [-0.25, -0.2) is 9.78 Å². The van der Waals surface area contributed by atoms with Crippen molar-refractivity contribution in [1.82, 2.24) is 9.97 Å². The van der Waals surface area contributed by atoms with Crippen LogP contribution in [0.2, 0.25) is 5.02 Å². The van der Waals surface area contributed by atoms with Crippen LogP contribution in [0.15, 0.2) is 47.3 Å². The first-order chi connectivity index (χ1) is 13.9. The van der Waals surface area contributed by atoms with Gasteiger partial charge in [-0.05, 0) is 42.8 Å². The van der Waals surface area contributed by atoms with Gasteiger partial charge in [-0.15, -0.1) is 0 Å². The highest BCUT2D eigenvalue weighted by molar-refractivity contribution is 6.32. The molecule has 0 amide bonds. The number of nitrogens with one attached hydrogen (secondary N) is 1. The van der Waals surface area contributed by atoms with Crippen molar-refractivity contribution >= 4 is 34.5 Å². The molecule has 1 heterocycles. The minimum absolute atomic E-state index is 0.268. The number of rotatable bonds is 6. The first-order valence-electron chi connectivity index (χ1n) is 8.72. The Morgan fingerprint density at radius 1 is 1.21 bits per heavy atom. The molecule has 150 valence electrons. The van der Waals surface area contributed by atoms with E-state index in [-0.39, 0.29) is 11.4 Å². The molecule has 0 aliphatic heterocycles. The largest absolute Gasteiger partial charge is 0.493 e. The number of benzene rings is 2. The summed E-state index contributed by atoms with van der Waals surface area (Å²) in [4.78, 5) is 31.4. The van der Waals surface area contributed by atoms with Gasteiger partial charge in [-0.1, -0.05) is 23.7 Å². The lowest BCUT2D eigenvalue weighted by Gasteiger charge is -2.12. The fraction of sp³-hybridized carbons (Fsp3) is 0.190. The Bertz CT molecular complexity index is 1140. The second-order valence-electron chi connectivity index (χ2n) is 6.12. The van der Waals surface area contributed by atoms with Crippen LogP contribution < -0.4 is 15.0 Å². The number of carbonyl (C=O) groups is 1. The number of ether oxygens (including phenoxy) is 3. The van der Waals surface area contributed by atoms with E-state index in [0.29, 0.717) is 33.0 Å². The number of carbonyl (C=O) groups excluding carboxylic acids is 1. The summed E-state index contributed by atoms with van der Waals surface area (Å²) in [6.45, 7) is 1.63. The number of H-pyrrole nitrogens is 1. The Hall–Kier alpha value is -3.32. The highest BCUT2D eigenvalue weighted by atomic mass is 35.5. The monoisotopic (exact) mass is 414 g/mol. The first-order valence-corrected chi connectivity index (χ1v) is 9.10. The summed E-state index contributed by atoms with van der Waals surface area (Å²) in [6, 6.07) is 10.3. The molecule has 2 aromatic carbocycles. The summed E-state index contributed by atoms with van der Waals surface area (Å²) < 4.78 is 15.8. The smallest absolute Gasteiger partial charge is 0.331 e. The average Bonchev–Trinajstić information content (AvgIpc) is 2.71. The standard InChI is InChI=1S/C21H19ClN2O5/c1-12(20-23-16-7-5-4-6-14(16)21(26)24-20)29-18(25)9-8-13-10-15(22)19(28-3)17(11-13)27-2/h4-12H,1-3H3,(H,23,24,26)/b9-8+/t12-/m1/s1. The van der Waals surface area contributed by atoms with Gasteiger partial charge in [0.25, 0.3) is 5.56 Å². The van der Waals surface area contributed by atoms with E-state index in [2.05, 4.69) is 9.97 Å². The van der Waals surface area contributed by atoms with Gasteiger partial charge < -0.3 is 19.2 Å². The fourth-order valence-corrected chi connectivity index (χ4v) is 3.06. The van der Waals surface area contributed by atoms with Crippen molar-refractivity contribution in [2.24, 2.45) is 0 Å². The zero-order valence-electron chi connectivity index (χ0n) is 16.1. The Labute approximate surface area is 171 Å². The molecule has 0 spiro atoms. The summed E-state index contributed by atoms with van der Waals surface area (Å²) >= 11 is 6.16. The zero-order valence-corrected chi connectivity index (χ0v) is 16.8. The number of hydrogen-bond donors (Lipinski definition) is 1. The minimum Gasteiger partial charge on any atom is -0.493 e. The maximum atomic E-state index is 12.2. The van der Waals surface area contributed by atoms with E-state index in [4.69, 9.17) is 25.8 Å². The van der Waals surface area contributed by atoms with Crippen molar-refractivity contribution in [1.29, 1.82) is 0 Å². The molecule has 0 aliphatic carbocycles. The lowest BCUT2D eigenvalue weighted by atomic mass is 10.2. The molecule has 1 atom stereocenters.